The maximum atomic E-state index is 11.7. The summed E-state index contributed by atoms with van der Waals surface area (Å²) in [5.74, 6) is -0.330. The predicted molar refractivity (Wildman–Crippen MR) is 53.7 cm³/mol. The molecule has 1 saturated carbocycles. The van der Waals surface area contributed by atoms with Crippen LogP contribution in [0.1, 0.15) is 33.1 Å². The number of allylic oxidation sites excluding steroid dienone is 1. The smallest absolute Gasteiger partial charge is 0.315 e. The largest absolute Gasteiger partial charge is 0.468 e. The van der Waals surface area contributed by atoms with E-state index in [4.69, 9.17) is 4.74 Å². The van der Waals surface area contributed by atoms with Gasteiger partial charge in [0.05, 0.1) is 18.1 Å². The quantitative estimate of drug-likeness (QED) is 0.542. The number of methoxy groups -OCH3 is 1. The molecule has 0 aromatic rings. The Morgan fingerprint density at radius 2 is 2.21 bits per heavy atom. The van der Waals surface area contributed by atoms with Gasteiger partial charge in [-0.15, -0.1) is 0 Å². The van der Waals surface area contributed by atoms with Gasteiger partial charge in [-0.2, -0.15) is 0 Å². The molecular weight excluding hydrogens is 180 g/mol. The lowest BCUT2D eigenvalue weighted by Gasteiger charge is -2.37. The lowest BCUT2D eigenvalue weighted by molar-refractivity contribution is -0.168. The summed E-state index contributed by atoms with van der Waals surface area (Å²) in [4.78, 5) is 11.7. The van der Waals surface area contributed by atoms with Gasteiger partial charge in [0.25, 0.3) is 0 Å². The molecule has 0 amide bonds. The van der Waals surface area contributed by atoms with Gasteiger partial charge < -0.3 is 9.84 Å². The minimum atomic E-state index is -1.06. The summed E-state index contributed by atoms with van der Waals surface area (Å²) in [5.41, 5.74) is -0.837. The van der Waals surface area contributed by atoms with Gasteiger partial charge in [0.1, 0.15) is 0 Å². The van der Waals surface area contributed by atoms with Gasteiger partial charge in [0, 0.05) is 0 Å². The van der Waals surface area contributed by atoms with Gasteiger partial charge in [-0.25, -0.2) is 0 Å². The highest BCUT2D eigenvalue weighted by Gasteiger charge is 2.53. The molecule has 0 aliphatic heterocycles. The van der Waals surface area contributed by atoms with E-state index in [0.29, 0.717) is 12.8 Å². The van der Waals surface area contributed by atoms with Crippen LogP contribution >= 0.6 is 0 Å². The highest BCUT2D eigenvalue weighted by Crippen LogP contribution is 2.49. The van der Waals surface area contributed by atoms with E-state index in [-0.39, 0.29) is 5.97 Å². The first-order valence-corrected chi connectivity index (χ1v) is 4.81. The third-order valence-electron chi connectivity index (χ3n) is 3.20. The lowest BCUT2D eigenvalue weighted by Crippen LogP contribution is -2.48. The first-order chi connectivity index (χ1) is 6.33. The summed E-state index contributed by atoms with van der Waals surface area (Å²) in [6.07, 6.45) is 1.95. The third kappa shape index (κ3) is 1.57. The molecule has 0 spiro atoms. The molecule has 0 radical (unpaired) electrons. The van der Waals surface area contributed by atoms with Gasteiger partial charge in [0.15, 0.2) is 0 Å². The Bertz CT molecular complexity index is 262. The fraction of sp³-hybridized carbons (Fsp3) is 0.727. The third-order valence-corrected chi connectivity index (χ3v) is 3.20. The van der Waals surface area contributed by atoms with Crippen molar-refractivity contribution in [2.24, 2.45) is 5.41 Å². The number of hydrogen-bond acceptors (Lipinski definition) is 3. The van der Waals surface area contributed by atoms with Crippen molar-refractivity contribution in [1.29, 1.82) is 0 Å². The van der Waals surface area contributed by atoms with Gasteiger partial charge in [-0.05, 0) is 33.1 Å². The molecule has 1 fully saturated rings. The number of hydrogen-bond donors (Lipinski definition) is 1. The van der Waals surface area contributed by atoms with E-state index in [9.17, 15) is 9.90 Å². The van der Waals surface area contributed by atoms with Crippen molar-refractivity contribution in [3.05, 3.63) is 12.2 Å². The topological polar surface area (TPSA) is 46.5 Å². The van der Waals surface area contributed by atoms with Crippen LogP contribution in [0, 0.1) is 5.41 Å². The predicted octanol–water partition coefficient (Wildman–Crippen LogP) is 1.66. The Morgan fingerprint density at radius 1 is 1.64 bits per heavy atom. The van der Waals surface area contributed by atoms with Gasteiger partial charge in [0.2, 0.25) is 0 Å². The highest BCUT2D eigenvalue weighted by atomic mass is 16.5. The number of carbonyl (C=O) groups excluding carboxylic acids is 1. The summed E-state index contributed by atoms with van der Waals surface area (Å²) in [6, 6.07) is 0. The second-order valence-electron chi connectivity index (χ2n) is 4.56. The Labute approximate surface area is 84.8 Å². The van der Waals surface area contributed by atoms with Gasteiger partial charge in [-0.1, -0.05) is 12.2 Å². The zero-order chi connectivity index (χ0) is 11.0. The van der Waals surface area contributed by atoms with Gasteiger partial charge in [-0.3, -0.25) is 4.79 Å². The molecule has 3 nitrogen and oxygen atoms in total. The summed E-state index contributed by atoms with van der Waals surface area (Å²) < 4.78 is 4.77. The zero-order valence-electron chi connectivity index (χ0n) is 9.09. The number of rotatable bonds is 2. The van der Waals surface area contributed by atoms with Crippen LogP contribution in [-0.4, -0.2) is 23.8 Å². The summed E-state index contributed by atoms with van der Waals surface area (Å²) >= 11 is 0. The van der Waals surface area contributed by atoms with Crippen molar-refractivity contribution >= 4 is 5.97 Å². The molecule has 14 heavy (non-hydrogen) atoms. The minimum Gasteiger partial charge on any atom is -0.468 e. The molecule has 3 heteroatoms. The molecule has 0 bridgehead atoms. The SMILES string of the molecule is C=C1CCC(C(=O)OC)(C(C)(C)O)C1. The van der Waals surface area contributed by atoms with E-state index in [1.807, 2.05) is 0 Å². The molecule has 1 rings (SSSR count). The number of carbonyl (C=O) groups is 1. The average molecular weight is 198 g/mol. The van der Waals surface area contributed by atoms with Gasteiger partial charge >= 0.3 is 5.97 Å². The van der Waals surface area contributed by atoms with Crippen molar-refractivity contribution in [2.75, 3.05) is 7.11 Å². The van der Waals surface area contributed by atoms with E-state index >= 15 is 0 Å². The Morgan fingerprint density at radius 3 is 2.50 bits per heavy atom. The molecule has 1 aliphatic rings. The minimum absolute atomic E-state index is 0.330. The van der Waals surface area contributed by atoms with Crippen LogP contribution in [-0.2, 0) is 9.53 Å². The monoisotopic (exact) mass is 198 g/mol. The van der Waals surface area contributed by atoms with E-state index in [1.165, 1.54) is 7.11 Å². The Hall–Kier alpha value is -0.830. The van der Waals surface area contributed by atoms with Crippen LogP contribution in [0.2, 0.25) is 0 Å². The molecule has 0 aromatic heterocycles. The zero-order valence-corrected chi connectivity index (χ0v) is 9.09. The second kappa shape index (κ2) is 3.39. The molecule has 80 valence electrons. The summed E-state index contributed by atoms with van der Waals surface area (Å²) in [6.45, 7) is 7.17. The molecule has 0 aromatic carbocycles. The fourth-order valence-electron chi connectivity index (χ4n) is 2.14. The summed E-state index contributed by atoms with van der Waals surface area (Å²) in [5, 5.41) is 10.0. The van der Waals surface area contributed by atoms with Crippen LogP contribution in [0.5, 0.6) is 0 Å². The van der Waals surface area contributed by atoms with Crippen molar-refractivity contribution in [1.82, 2.24) is 0 Å². The maximum absolute atomic E-state index is 11.7. The number of ether oxygens (including phenoxy) is 1. The maximum Gasteiger partial charge on any atom is 0.315 e. The first-order valence-electron chi connectivity index (χ1n) is 4.81. The van der Waals surface area contributed by atoms with E-state index < -0.39 is 11.0 Å². The normalized spacial score (nSPS) is 27.9. The van der Waals surface area contributed by atoms with Crippen molar-refractivity contribution in [3.8, 4) is 0 Å². The van der Waals surface area contributed by atoms with Crippen molar-refractivity contribution in [2.45, 2.75) is 38.7 Å². The Kier molecular flexibility index (Phi) is 2.72. The molecule has 0 saturated heterocycles. The van der Waals surface area contributed by atoms with E-state index in [2.05, 4.69) is 6.58 Å². The standard InChI is InChI=1S/C11H18O3/c1-8-5-6-11(7-8,9(12)14-4)10(2,3)13/h13H,1,5-7H2,2-4H3. The van der Waals surface area contributed by atoms with Crippen LogP contribution in [0.3, 0.4) is 0 Å². The second-order valence-corrected chi connectivity index (χ2v) is 4.56. The van der Waals surface area contributed by atoms with E-state index in [1.54, 1.807) is 13.8 Å². The molecule has 1 unspecified atom stereocenters. The molecule has 1 atom stereocenters. The average Bonchev–Trinajstić information content (AvgIpc) is 2.46. The number of esters is 1. The van der Waals surface area contributed by atoms with Crippen LogP contribution in [0.4, 0.5) is 0 Å². The lowest BCUT2D eigenvalue weighted by atomic mass is 9.72. The summed E-state index contributed by atoms with van der Waals surface area (Å²) in [7, 11) is 1.36. The number of aliphatic hydroxyl groups is 1. The van der Waals surface area contributed by atoms with Crippen LogP contribution < -0.4 is 0 Å². The Balaban J connectivity index is 3.04. The first kappa shape index (κ1) is 11.2. The van der Waals surface area contributed by atoms with Crippen LogP contribution in [0.25, 0.3) is 0 Å². The molecule has 0 heterocycles. The van der Waals surface area contributed by atoms with Crippen molar-refractivity contribution < 1.29 is 14.6 Å². The van der Waals surface area contributed by atoms with Crippen molar-refractivity contribution in [3.63, 3.8) is 0 Å². The molecule has 1 aliphatic carbocycles. The molecule has 1 N–H and O–H groups in total. The fourth-order valence-corrected chi connectivity index (χ4v) is 2.14. The van der Waals surface area contributed by atoms with Crippen LogP contribution in [0.15, 0.2) is 12.2 Å². The van der Waals surface area contributed by atoms with E-state index in [0.717, 1.165) is 12.0 Å². The highest BCUT2D eigenvalue weighted by molar-refractivity contribution is 5.79. The molecular formula is C11H18O3.